The zero-order valence-electron chi connectivity index (χ0n) is 20.4. The van der Waals surface area contributed by atoms with E-state index < -0.39 is 27.3 Å². The van der Waals surface area contributed by atoms with Crippen LogP contribution in [0.4, 0.5) is 20.2 Å². The van der Waals surface area contributed by atoms with E-state index >= 15 is 8.78 Å². The number of hydrogen-bond acceptors (Lipinski definition) is 6. The molecule has 0 spiro atoms. The fourth-order valence-corrected chi connectivity index (χ4v) is 6.94. The van der Waals surface area contributed by atoms with Crippen LogP contribution in [-0.2, 0) is 16.6 Å². The van der Waals surface area contributed by atoms with Crippen LogP contribution in [0.1, 0.15) is 12.5 Å². The van der Waals surface area contributed by atoms with Crippen molar-refractivity contribution in [3.05, 3.63) is 70.5 Å². The fourth-order valence-electron chi connectivity index (χ4n) is 4.52. The minimum atomic E-state index is -3.95. The number of hydrogen-bond donors (Lipinski definition) is 0. The van der Waals surface area contributed by atoms with Crippen molar-refractivity contribution in [3.63, 3.8) is 0 Å². The van der Waals surface area contributed by atoms with Gasteiger partial charge in [-0.05, 0) is 47.2 Å². The van der Waals surface area contributed by atoms with Crippen molar-refractivity contribution in [2.45, 2.75) is 18.4 Å². The summed E-state index contributed by atoms with van der Waals surface area (Å²) in [5, 5.41) is 0.626. The highest BCUT2D eigenvalue weighted by molar-refractivity contribution is 9.10. The first-order valence-electron chi connectivity index (χ1n) is 11.3. The monoisotopic (exact) mass is 622 g/mol. The standard InChI is InChI=1S/C25H21BrF2N4O4S2/c1-4-30-22-14(12-31(25(30)37)23-20(27)17(35-2)10-18(36-3)21(23)28)11-29-24-19(22)16(26)13-32(24)38(33,34)15-8-6-5-7-9-15/h5-11,13H,4,12H2,1-3H3. The number of fused-ring (bicyclic) bond motifs is 3. The first kappa shape index (κ1) is 26.3. The van der Waals surface area contributed by atoms with Crippen LogP contribution >= 0.6 is 28.1 Å². The molecule has 1 aliphatic heterocycles. The molecule has 2 aromatic carbocycles. The summed E-state index contributed by atoms with van der Waals surface area (Å²) in [6.45, 7) is 2.13. The molecule has 0 saturated carbocycles. The molecule has 3 heterocycles. The highest BCUT2D eigenvalue weighted by Crippen LogP contribution is 2.44. The summed E-state index contributed by atoms with van der Waals surface area (Å²) in [6, 6.07) is 9.15. The Labute approximate surface area is 231 Å². The van der Waals surface area contributed by atoms with Crippen LogP contribution in [0, 0.1) is 11.6 Å². The maximum absolute atomic E-state index is 15.4. The molecule has 5 rings (SSSR count). The predicted octanol–water partition coefficient (Wildman–Crippen LogP) is 5.46. The average Bonchev–Trinajstić information content (AvgIpc) is 3.27. The highest BCUT2D eigenvalue weighted by Gasteiger charge is 2.36. The maximum atomic E-state index is 15.4. The molecule has 0 amide bonds. The van der Waals surface area contributed by atoms with Crippen molar-refractivity contribution in [2.75, 3.05) is 30.6 Å². The van der Waals surface area contributed by atoms with Gasteiger partial charge in [0, 0.05) is 35.0 Å². The van der Waals surface area contributed by atoms with E-state index in [2.05, 4.69) is 20.9 Å². The van der Waals surface area contributed by atoms with E-state index in [1.807, 2.05) is 6.92 Å². The molecule has 0 saturated heterocycles. The second-order valence-corrected chi connectivity index (χ2v) is 11.3. The van der Waals surface area contributed by atoms with Crippen LogP contribution < -0.4 is 19.3 Å². The van der Waals surface area contributed by atoms with Crippen molar-refractivity contribution in [3.8, 4) is 11.5 Å². The molecular formula is C25H21BrF2N4O4S2. The second-order valence-electron chi connectivity index (χ2n) is 8.29. The third-order valence-electron chi connectivity index (χ3n) is 6.28. The Bertz CT molecular complexity index is 1670. The number of ether oxygens (including phenoxy) is 2. The number of methoxy groups -OCH3 is 2. The van der Waals surface area contributed by atoms with Gasteiger partial charge < -0.3 is 19.3 Å². The lowest BCUT2D eigenvalue weighted by Crippen LogP contribution is -2.48. The minimum Gasteiger partial charge on any atom is -0.493 e. The molecule has 0 N–H and O–H groups in total. The Morgan fingerprint density at radius 2 is 1.71 bits per heavy atom. The summed E-state index contributed by atoms with van der Waals surface area (Å²) < 4.78 is 69.4. The lowest BCUT2D eigenvalue weighted by Gasteiger charge is -2.39. The highest BCUT2D eigenvalue weighted by atomic mass is 79.9. The van der Waals surface area contributed by atoms with E-state index in [1.165, 1.54) is 43.6 Å². The summed E-state index contributed by atoms with van der Waals surface area (Å²) in [5.41, 5.74) is 0.959. The lowest BCUT2D eigenvalue weighted by molar-refractivity contribution is 0.359. The third-order valence-corrected chi connectivity index (χ3v) is 8.99. The summed E-state index contributed by atoms with van der Waals surface area (Å²) in [6.07, 6.45) is 2.93. The third kappa shape index (κ3) is 3.91. The molecule has 0 unspecified atom stereocenters. The van der Waals surface area contributed by atoms with Gasteiger partial charge in [0.2, 0.25) is 0 Å². The van der Waals surface area contributed by atoms with Gasteiger partial charge in [-0.2, -0.15) is 0 Å². The van der Waals surface area contributed by atoms with Gasteiger partial charge in [0.05, 0.1) is 36.7 Å². The topological polar surface area (TPSA) is 76.9 Å². The molecule has 198 valence electrons. The van der Waals surface area contributed by atoms with Crippen molar-refractivity contribution in [1.82, 2.24) is 8.96 Å². The smallest absolute Gasteiger partial charge is 0.269 e. The molecule has 4 aromatic rings. The van der Waals surface area contributed by atoms with Crippen LogP contribution in [0.25, 0.3) is 11.0 Å². The van der Waals surface area contributed by atoms with Gasteiger partial charge in [0.15, 0.2) is 33.9 Å². The van der Waals surface area contributed by atoms with E-state index in [4.69, 9.17) is 21.7 Å². The molecular weight excluding hydrogens is 602 g/mol. The van der Waals surface area contributed by atoms with E-state index in [0.29, 0.717) is 27.7 Å². The molecule has 0 atom stereocenters. The number of anilines is 2. The van der Waals surface area contributed by atoms with Gasteiger partial charge in [-0.3, -0.25) is 0 Å². The van der Waals surface area contributed by atoms with Crippen LogP contribution in [0.2, 0.25) is 0 Å². The van der Waals surface area contributed by atoms with Gasteiger partial charge in [-0.15, -0.1) is 0 Å². The summed E-state index contributed by atoms with van der Waals surface area (Å²) in [5.74, 6) is -2.25. The second kappa shape index (κ2) is 9.79. The maximum Gasteiger partial charge on any atom is 0.269 e. The van der Waals surface area contributed by atoms with Gasteiger partial charge in [0.25, 0.3) is 10.0 Å². The molecule has 0 radical (unpaired) electrons. The number of thiocarbonyl (C=S) groups is 1. The SMILES string of the molecule is CCN1C(=S)N(c2c(F)c(OC)cc(OC)c2F)Cc2cnc3c(c(Br)cn3S(=O)(=O)c3ccccc3)c21. The first-order chi connectivity index (χ1) is 18.1. The fraction of sp³-hybridized carbons (Fsp3) is 0.200. The van der Waals surface area contributed by atoms with Crippen LogP contribution in [0.15, 0.2) is 58.2 Å². The number of nitrogens with zero attached hydrogens (tertiary/aromatic N) is 4. The molecule has 8 nitrogen and oxygen atoms in total. The Morgan fingerprint density at radius 3 is 2.29 bits per heavy atom. The largest absolute Gasteiger partial charge is 0.493 e. The van der Waals surface area contributed by atoms with Crippen LogP contribution in [-0.4, -0.2) is 43.3 Å². The summed E-state index contributed by atoms with van der Waals surface area (Å²) in [4.78, 5) is 7.57. The number of benzene rings is 2. The van der Waals surface area contributed by atoms with Crippen molar-refractivity contribution >= 4 is 65.7 Å². The van der Waals surface area contributed by atoms with E-state index in [9.17, 15) is 8.42 Å². The average molecular weight is 624 g/mol. The minimum absolute atomic E-state index is 0.0270. The normalized spacial score (nSPS) is 13.7. The van der Waals surface area contributed by atoms with Gasteiger partial charge in [0.1, 0.15) is 5.69 Å². The number of rotatable bonds is 6. The number of halogens is 3. The van der Waals surface area contributed by atoms with Crippen molar-refractivity contribution in [1.29, 1.82) is 0 Å². The van der Waals surface area contributed by atoms with Gasteiger partial charge in [-0.1, -0.05) is 18.2 Å². The lowest BCUT2D eigenvalue weighted by atomic mass is 10.1. The van der Waals surface area contributed by atoms with Crippen molar-refractivity contribution < 1.29 is 26.7 Å². The molecule has 38 heavy (non-hydrogen) atoms. The molecule has 0 fully saturated rings. The van der Waals surface area contributed by atoms with Crippen LogP contribution in [0.3, 0.4) is 0 Å². The zero-order valence-corrected chi connectivity index (χ0v) is 23.6. The van der Waals surface area contributed by atoms with Crippen molar-refractivity contribution in [2.24, 2.45) is 0 Å². The molecule has 2 aromatic heterocycles. The summed E-state index contributed by atoms with van der Waals surface area (Å²) in [7, 11) is -1.41. The Balaban J connectivity index is 1.71. The Morgan fingerprint density at radius 1 is 1.08 bits per heavy atom. The predicted molar refractivity (Wildman–Crippen MR) is 148 cm³/mol. The first-order valence-corrected chi connectivity index (χ1v) is 14.0. The molecule has 0 aliphatic carbocycles. The zero-order chi connectivity index (χ0) is 27.4. The van der Waals surface area contributed by atoms with E-state index in [0.717, 1.165) is 10.0 Å². The Kier molecular flexibility index (Phi) is 6.78. The Hall–Kier alpha value is -3.29. The van der Waals surface area contributed by atoms with E-state index in [1.54, 1.807) is 23.1 Å². The molecule has 13 heteroatoms. The quantitative estimate of drug-likeness (QED) is 0.262. The van der Waals surface area contributed by atoms with Gasteiger partial charge >= 0.3 is 0 Å². The molecule has 1 aliphatic rings. The molecule has 0 bridgehead atoms. The van der Waals surface area contributed by atoms with E-state index in [-0.39, 0.29) is 33.7 Å². The summed E-state index contributed by atoms with van der Waals surface area (Å²) >= 11 is 9.22. The number of aromatic nitrogens is 2. The van der Waals surface area contributed by atoms with Crippen LogP contribution in [0.5, 0.6) is 11.5 Å². The van der Waals surface area contributed by atoms with Gasteiger partial charge in [-0.25, -0.2) is 26.2 Å². The number of pyridine rings is 1.